The molecular formula is C25H28N6O2. The molecule has 4 aromatic rings. The summed E-state index contributed by atoms with van der Waals surface area (Å²) < 4.78 is 9.03. The predicted molar refractivity (Wildman–Crippen MR) is 126 cm³/mol. The summed E-state index contributed by atoms with van der Waals surface area (Å²) in [5.41, 5.74) is 8.88. The van der Waals surface area contributed by atoms with Gasteiger partial charge in [-0.3, -0.25) is 9.48 Å². The van der Waals surface area contributed by atoms with Crippen LogP contribution in [0.25, 0.3) is 17.1 Å². The number of ether oxygens (including phenoxy) is 1. The van der Waals surface area contributed by atoms with Crippen molar-refractivity contribution in [2.45, 2.75) is 39.2 Å². The lowest BCUT2D eigenvalue weighted by Crippen LogP contribution is -2.16. The third-order valence-electron chi connectivity index (χ3n) is 5.58. The predicted octanol–water partition coefficient (Wildman–Crippen LogP) is 3.82. The second-order valence-electron chi connectivity index (χ2n) is 7.74. The minimum absolute atomic E-state index is 0.444. The third kappa shape index (κ3) is 4.95. The average Bonchev–Trinajstić information content (AvgIpc) is 3.51. The number of carbonyl (C=O) groups excluding carboxylic acids is 1. The number of benzene rings is 2. The van der Waals surface area contributed by atoms with Crippen LogP contribution in [0, 0.1) is 0 Å². The molecule has 0 atom stereocenters. The summed E-state index contributed by atoms with van der Waals surface area (Å²) in [6.07, 6.45) is 6.92. The highest BCUT2D eigenvalue weighted by molar-refractivity contribution is 5.95. The van der Waals surface area contributed by atoms with E-state index in [0.29, 0.717) is 24.2 Å². The van der Waals surface area contributed by atoms with Crippen LogP contribution in [0.1, 0.15) is 41.5 Å². The van der Waals surface area contributed by atoms with E-state index in [-0.39, 0.29) is 0 Å². The number of nitrogens with two attached hydrogens (primary N) is 1. The van der Waals surface area contributed by atoms with Crippen LogP contribution in [-0.2, 0) is 19.4 Å². The van der Waals surface area contributed by atoms with Crippen LogP contribution >= 0.6 is 0 Å². The fourth-order valence-corrected chi connectivity index (χ4v) is 3.87. The first-order chi connectivity index (χ1) is 16.1. The van der Waals surface area contributed by atoms with Gasteiger partial charge in [-0.05, 0) is 67.3 Å². The molecule has 0 saturated heterocycles. The highest BCUT2D eigenvalue weighted by Gasteiger charge is 2.19. The number of hydrogen-bond acceptors (Lipinski definition) is 5. The molecule has 2 aromatic heterocycles. The number of methoxy groups -OCH3 is 1. The van der Waals surface area contributed by atoms with Crippen molar-refractivity contribution in [3.05, 3.63) is 77.9 Å². The Morgan fingerprint density at radius 1 is 1.09 bits per heavy atom. The zero-order valence-electron chi connectivity index (χ0n) is 18.9. The van der Waals surface area contributed by atoms with Crippen molar-refractivity contribution in [3.63, 3.8) is 0 Å². The first kappa shape index (κ1) is 22.3. The van der Waals surface area contributed by atoms with E-state index in [4.69, 9.17) is 20.6 Å². The standard InChI is InChI=1S/C25H28N6O2/c1-3-23-28-25(18-11-13-19(33-2)14-12-18)31(29-23)22-10-6-9-21(24(26)32)20(22)8-4-5-16-30-17-7-15-27-30/h6-7,9-15,17H,3-5,8,16H2,1-2H3,(H2,26,32). The molecule has 0 aliphatic heterocycles. The van der Waals surface area contributed by atoms with Gasteiger partial charge >= 0.3 is 0 Å². The van der Waals surface area contributed by atoms with Crippen molar-refractivity contribution in [1.82, 2.24) is 24.5 Å². The van der Waals surface area contributed by atoms with Crippen molar-refractivity contribution in [2.24, 2.45) is 5.73 Å². The lowest BCUT2D eigenvalue weighted by atomic mass is 9.99. The molecule has 4 rings (SSSR count). The van der Waals surface area contributed by atoms with Crippen LogP contribution in [-0.4, -0.2) is 37.6 Å². The van der Waals surface area contributed by atoms with Crippen molar-refractivity contribution in [1.29, 1.82) is 0 Å². The van der Waals surface area contributed by atoms with Gasteiger partial charge in [0, 0.05) is 36.5 Å². The lowest BCUT2D eigenvalue weighted by Gasteiger charge is -2.15. The second-order valence-corrected chi connectivity index (χ2v) is 7.74. The Bertz CT molecular complexity index is 1210. The Morgan fingerprint density at radius 3 is 2.58 bits per heavy atom. The van der Waals surface area contributed by atoms with E-state index in [1.165, 1.54) is 0 Å². The number of primary amides is 1. The highest BCUT2D eigenvalue weighted by Crippen LogP contribution is 2.28. The van der Waals surface area contributed by atoms with Crippen LogP contribution in [0.3, 0.4) is 0 Å². The number of nitrogens with zero attached hydrogens (tertiary/aromatic N) is 5. The molecule has 2 aromatic carbocycles. The number of rotatable bonds is 10. The largest absolute Gasteiger partial charge is 0.497 e. The van der Waals surface area contributed by atoms with Crippen LogP contribution in [0.5, 0.6) is 5.75 Å². The summed E-state index contributed by atoms with van der Waals surface area (Å²) in [5, 5.41) is 9.01. The smallest absolute Gasteiger partial charge is 0.249 e. The fraction of sp³-hybridized carbons (Fsp3) is 0.280. The van der Waals surface area contributed by atoms with Crippen molar-refractivity contribution >= 4 is 5.91 Å². The van der Waals surface area contributed by atoms with E-state index >= 15 is 0 Å². The minimum Gasteiger partial charge on any atom is -0.497 e. The molecule has 33 heavy (non-hydrogen) atoms. The molecular weight excluding hydrogens is 416 g/mol. The molecule has 0 aliphatic rings. The van der Waals surface area contributed by atoms with Gasteiger partial charge in [-0.1, -0.05) is 13.0 Å². The quantitative estimate of drug-likeness (QED) is 0.375. The highest BCUT2D eigenvalue weighted by atomic mass is 16.5. The van der Waals surface area contributed by atoms with Gasteiger partial charge in [-0.2, -0.15) is 10.2 Å². The van der Waals surface area contributed by atoms with Gasteiger partial charge in [-0.15, -0.1) is 0 Å². The molecule has 0 bridgehead atoms. The van der Waals surface area contributed by atoms with Gasteiger partial charge in [0.25, 0.3) is 0 Å². The van der Waals surface area contributed by atoms with Crippen molar-refractivity contribution < 1.29 is 9.53 Å². The minimum atomic E-state index is -0.444. The van der Waals surface area contributed by atoms with E-state index in [1.54, 1.807) is 19.4 Å². The summed E-state index contributed by atoms with van der Waals surface area (Å²) in [4.78, 5) is 17.0. The summed E-state index contributed by atoms with van der Waals surface area (Å²) in [6, 6.07) is 15.2. The van der Waals surface area contributed by atoms with E-state index < -0.39 is 5.91 Å². The number of hydrogen-bond donors (Lipinski definition) is 1. The van der Waals surface area contributed by atoms with Gasteiger partial charge in [0.05, 0.1) is 12.8 Å². The Morgan fingerprint density at radius 2 is 1.91 bits per heavy atom. The van der Waals surface area contributed by atoms with Crippen LogP contribution < -0.4 is 10.5 Å². The maximum absolute atomic E-state index is 12.3. The molecule has 8 heteroatoms. The molecule has 2 heterocycles. The molecule has 0 saturated carbocycles. The van der Waals surface area contributed by atoms with Gasteiger partial charge in [0.1, 0.15) is 5.75 Å². The molecule has 2 N–H and O–H groups in total. The van der Waals surface area contributed by atoms with Gasteiger partial charge in [-0.25, -0.2) is 9.67 Å². The van der Waals surface area contributed by atoms with E-state index in [9.17, 15) is 4.79 Å². The molecule has 8 nitrogen and oxygen atoms in total. The van der Waals surface area contributed by atoms with E-state index in [1.807, 2.05) is 64.9 Å². The maximum atomic E-state index is 12.3. The van der Waals surface area contributed by atoms with E-state index in [0.717, 1.165) is 47.8 Å². The Balaban J connectivity index is 1.71. The molecule has 0 fully saturated rings. The van der Waals surface area contributed by atoms with Crippen molar-refractivity contribution in [3.8, 4) is 22.8 Å². The first-order valence-corrected chi connectivity index (χ1v) is 11.1. The van der Waals surface area contributed by atoms with Gasteiger partial charge in [0.2, 0.25) is 5.91 Å². The Hall–Kier alpha value is -3.94. The third-order valence-corrected chi connectivity index (χ3v) is 5.58. The lowest BCUT2D eigenvalue weighted by molar-refractivity contribution is 0.0999. The molecule has 0 unspecified atom stereocenters. The summed E-state index contributed by atoms with van der Waals surface area (Å²) in [7, 11) is 1.64. The van der Waals surface area contributed by atoms with Gasteiger partial charge < -0.3 is 10.5 Å². The first-order valence-electron chi connectivity index (χ1n) is 11.1. The summed E-state index contributed by atoms with van der Waals surface area (Å²) in [6.45, 7) is 2.84. The Kier molecular flexibility index (Phi) is 6.83. The monoisotopic (exact) mass is 444 g/mol. The number of unbranched alkanes of at least 4 members (excludes halogenated alkanes) is 1. The average molecular weight is 445 g/mol. The Labute approximate surface area is 193 Å². The zero-order valence-corrected chi connectivity index (χ0v) is 18.9. The van der Waals surface area contributed by atoms with Crippen LogP contribution in [0.15, 0.2) is 60.9 Å². The zero-order chi connectivity index (χ0) is 23.2. The summed E-state index contributed by atoms with van der Waals surface area (Å²) in [5.74, 6) is 1.78. The number of amides is 1. The van der Waals surface area contributed by atoms with E-state index in [2.05, 4.69) is 5.10 Å². The van der Waals surface area contributed by atoms with Crippen molar-refractivity contribution in [2.75, 3.05) is 7.11 Å². The second kappa shape index (κ2) is 10.1. The summed E-state index contributed by atoms with van der Waals surface area (Å²) >= 11 is 0. The normalized spacial score (nSPS) is 11.0. The fourth-order valence-electron chi connectivity index (χ4n) is 3.87. The maximum Gasteiger partial charge on any atom is 0.249 e. The molecule has 1 amide bonds. The topological polar surface area (TPSA) is 101 Å². The van der Waals surface area contributed by atoms with Gasteiger partial charge in [0.15, 0.2) is 11.6 Å². The van der Waals surface area contributed by atoms with Crippen LogP contribution in [0.4, 0.5) is 0 Å². The molecule has 0 radical (unpaired) electrons. The molecule has 170 valence electrons. The molecule has 0 aliphatic carbocycles. The number of aryl methyl sites for hydroxylation is 2. The number of aromatic nitrogens is 5. The number of carbonyl (C=O) groups is 1. The van der Waals surface area contributed by atoms with Crippen LogP contribution in [0.2, 0.25) is 0 Å². The SMILES string of the molecule is CCc1nc(-c2ccc(OC)cc2)n(-c2cccc(C(N)=O)c2CCCCn2cccn2)n1. The molecule has 0 spiro atoms.